The van der Waals surface area contributed by atoms with Gasteiger partial charge in [-0.15, -0.1) is 0 Å². The van der Waals surface area contributed by atoms with E-state index in [1.165, 1.54) is 12.1 Å². The molecule has 0 bridgehead atoms. The predicted molar refractivity (Wildman–Crippen MR) is 85.9 cm³/mol. The summed E-state index contributed by atoms with van der Waals surface area (Å²) in [5, 5.41) is 0. The number of nitrogens with zero attached hydrogens (tertiary/aromatic N) is 1. The summed E-state index contributed by atoms with van der Waals surface area (Å²) in [7, 11) is 0. The number of halogens is 1. The number of hydrogen-bond acceptors (Lipinski definition) is 3. The maximum absolute atomic E-state index is 13.9. The van der Waals surface area contributed by atoms with Crippen LogP contribution in [0.5, 0.6) is 5.75 Å². The molecule has 1 unspecified atom stereocenters. The minimum Gasteiger partial charge on any atom is -0.493 e. The fourth-order valence-electron chi connectivity index (χ4n) is 2.86. The molecule has 1 atom stereocenters. The van der Waals surface area contributed by atoms with Gasteiger partial charge in [0.05, 0.1) is 30.6 Å². The van der Waals surface area contributed by atoms with Crippen molar-refractivity contribution in [1.29, 1.82) is 0 Å². The van der Waals surface area contributed by atoms with Crippen molar-refractivity contribution in [3.05, 3.63) is 48.5 Å². The fourth-order valence-corrected chi connectivity index (χ4v) is 2.86. The molecular weight excluding hydrogens is 295 g/mol. The Morgan fingerprint density at radius 3 is 3.04 bits per heavy atom. The molecule has 1 aromatic heterocycles. The van der Waals surface area contributed by atoms with Gasteiger partial charge < -0.3 is 14.5 Å². The Hall–Kier alpha value is -2.40. The molecular formula is C18H17FN2O2. The topological polar surface area (TPSA) is 47.1 Å². The summed E-state index contributed by atoms with van der Waals surface area (Å²) in [5.74, 6) is 0.643. The second kappa shape index (κ2) is 6.01. The van der Waals surface area contributed by atoms with E-state index < -0.39 is 0 Å². The second-order valence-electron chi connectivity index (χ2n) is 5.85. The smallest absolute Gasteiger partial charge is 0.127 e. The largest absolute Gasteiger partial charge is 0.493 e. The van der Waals surface area contributed by atoms with E-state index in [-0.39, 0.29) is 5.82 Å². The lowest BCUT2D eigenvalue weighted by Crippen LogP contribution is -2.11. The molecule has 4 rings (SSSR count). The van der Waals surface area contributed by atoms with Crippen LogP contribution in [0.25, 0.3) is 22.2 Å². The standard InChI is InChI=1S/C18H17FN2O2/c19-15-5-14(13-1-2-17-18(7-13)21-11-20-17)6-16(8-15)23-10-12-3-4-22-9-12/h1-2,5-8,11-12H,3-4,9-10H2,(H,20,21). The van der Waals surface area contributed by atoms with Crippen molar-refractivity contribution in [3.8, 4) is 16.9 Å². The van der Waals surface area contributed by atoms with Crippen LogP contribution < -0.4 is 4.74 Å². The summed E-state index contributed by atoms with van der Waals surface area (Å²) in [6.07, 6.45) is 2.65. The summed E-state index contributed by atoms with van der Waals surface area (Å²) in [6, 6.07) is 10.6. The Morgan fingerprint density at radius 2 is 2.17 bits per heavy atom. The Bertz CT molecular complexity index is 825. The molecule has 2 aromatic carbocycles. The van der Waals surface area contributed by atoms with Crippen LogP contribution in [0.3, 0.4) is 0 Å². The lowest BCUT2D eigenvalue weighted by molar-refractivity contribution is 0.167. The summed E-state index contributed by atoms with van der Waals surface area (Å²) >= 11 is 0. The van der Waals surface area contributed by atoms with E-state index in [1.54, 1.807) is 6.33 Å². The molecule has 0 amide bonds. The molecule has 2 heterocycles. The van der Waals surface area contributed by atoms with Crippen LogP contribution in [0.1, 0.15) is 6.42 Å². The number of H-pyrrole nitrogens is 1. The fraction of sp³-hybridized carbons (Fsp3) is 0.278. The van der Waals surface area contributed by atoms with Crippen molar-refractivity contribution in [3.63, 3.8) is 0 Å². The van der Waals surface area contributed by atoms with Crippen molar-refractivity contribution in [1.82, 2.24) is 9.97 Å². The first-order valence-corrected chi connectivity index (χ1v) is 7.72. The van der Waals surface area contributed by atoms with Gasteiger partial charge in [-0.05, 0) is 41.8 Å². The zero-order valence-corrected chi connectivity index (χ0v) is 12.6. The van der Waals surface area contributed by atoms with E-state index >= 15 is 0 Å². The van der Waals surface area contributed by atoms with Gasteiger partial charge in [-0.2, -0.15) is 0 Å². The Balaban J connectivity index is 1.59. The first-order chi connectivity index (χ1) is 11.3. The molecule has 5 heteroatoms. The Morgan fingerprint density at radius 1 is 1.22 bits per heavy atom. The van der Waals surface area contributed by atoms with E-state index in [0.29, 0.717) is 18.3 Å². The molecule has 0 aliphatic carbocycles. The zero-order chi connectivity index (χ0) is 15.6. The molecule has 118 valence electrons. The lowest BCUT2D eigenvalue weighted by atomic mass is 10.0. The number of aromatic amines is 1. The molecule has 0 saturated carbocycles. The van der Waals surface area contributed by atoms with Crippen molar-refractivity contribution in [2.75, 3.05) is 19.8 Å². The molecule has 1 N–H and O–H groups in total. The van der Waals surface area contributed by atoms with Crippen LogP contribution in [0.15, 0.2) is 42.7 Å². The third-order valence-electron chi connectivity index (χ3n) is 4.13. The predicted octanol–water partition coefficient (Wildman–Crippen LogP) is 3.78. The van der Waals surface area contributed by atoms with Crippen LogP contribution in [0, 0.1) is 11.7 Å². The number of benzene rings is 2. The highest BCUT2D eigenvalue weighted by molar-refractivity contribution is 5.81. The molecule has 1 aliphatic heterocycles. The number of rotatable bonds is 4. The highest BCUT2D eigenvalue weighted by Crippen LogP contribution is 2.28. The number of hydrogen-bond donors (Lipinski definition) is 1. The Labute approximate surface area is 133 Å². The maximum Gasteiger partial charge on any atom is 0.127 e. The number of imidazole rings is 1. The number of nitrogens with one attached hydrogen (secondary N) is 1. The zero-order valence-electron chi connectivity index (χ0n) is 12.6. The van der Waals surface area contributed by atoms with Crippen LogP contribution in [0.4, 0.5) is 4.39 Å². The van der Waals surface area contributed by atoms with Gasteiger partial charge in [0.25, 0.3) is 0 Å². The maximum atomic E-state index is 13.9. The first-order valence-electron chi connectivity index (χ1n) is 7.72. The number of fused-ring (bicyclic) bond motifs is 1. The normalized spacial score (nSPS) is 17.7. The molecule has 1 saturated heterocycles. The van der Waals surface area contributed by atoms with Crippen LogP contribution in [-0.2, 0) is 4.74 Å². The highest BCUT2D eigenvalue weighted by Gasteiger charge is 2.16. The quantitative estimate of drug-likeness (QED) is 0.797. The van der Waals surface area contributed by atoms with Crippen LogP contribution >= 0.6 is 0 Å². The molecule has 1 aliphatic rings. The molecule has 0 radical (unpaired) electrons. The van der Waals surface area contributed by atoms with Gasteiger partial charge in [-0.3, -0.25) is 0 Å². The van der Waals surface area contributed by atoms with Crippen molar-refractivity contribution in [2.45, 2.75) is 6.42 Å². The highest BCUT2D eigenvalue weighted by atomic mass is 19.1. The van der Waals surface area contributed by atoms with Crippen LogP contribution in [0.2, 0.25) is 0 Å². The summed E-state index contributed by atoms with van der Waals surface area (Å²) < 4.78 is 25.0. The van der Waals surface area contributed by atoms with E-state index in [9.17, 15) is 4.39 Å². The summed E-state index contributed by atoms with van der Waals surface area (Å²) in [6.45, 7) is 2.06. The molecule has 23 heavy (non-hydrogen) atoms. The van der Waals surface area contributed by atoms with Crippen molar-refractivity contribution in [2.24, 2.45) is 5.92 Å². The molecule has 4 nitrogen and oxygen atoms in total. The van der Waals surface area contributed by atoms with Gasteiger partial charge in [-0.1, -0.05) is 6.07 Å². The molecule has 3 aromatic rings. The average molecular weight is 312 g/mol. The van der Waals surface area contributed by atoms with Gasteiger partial charge in [0.15, 0.2) is 0 Å². The number of ether oxygens (including phenoxy) is 2. The SMILES string of the molecule is Fc1cc(OCC2CCOC2)cc(-c2ccc3nc[nH]c3c2)c1. The first kappa shape index (κ1) is 14.2. The van der Waals surface area contributed by atoms with E-state index in [4.69, 9.17) is 9.47 Å². The molecule has 0 spiro atoms. The minimum atomic E-state index is -0.301. The van der Waals surface area contributed by atoms with E-state index in [2.05, 4.69) is 9.97 Å². The van der Waals surface area contributed by atoms with Crippen molar-refractivity contribution >= 4 is 11.0 Å². The second-order valence-corrected chi connectivity index (χ2v) is 5.85. The van der Waals surface area contributed by atoms with Gasteiger partial charge in [0, 0.05) is 18.6 Å². The van der Waals surface area contributed by atoms with Gasteiger partial charge in [-0.25, -0.2) is 9.37 Å². The van der Waals surface area contributed by atoms with Gasteiger partial charge in [0.1, 0.15) is 11.6 Å². The van der Waals surface area contributed by atoms with Gasteiger partial charge in [0.2, 0.25) is 0 Å². The lowest BCUT2D eigenvalue weighted by Gasteiger charge is -2.12. The summed E-state index contributed by atoms with van der Waals surface area (Å²) in [5.41, 5.74) is 3.54. The van der Waals surface area contributed by atoms with E-state index in [0.717, 1.165) is 41.8 Å². The Kier molecular flexibility index (Phi) is 3.71. The van der Waals surface area contributed by atoms with Crippen LogP contribution in [-0.4, -0.2) is 29.8 Å². The number of aromatic nitrogens is 2. The third kappa shape index (κ3) is 3.05. The van der Waals surface area contributed by atoms with Crippen molar-refractivity contribution < 1.29 is 13.9 Å². The summed E-state index contributed by atoms with van der Waals surface area (Å²) in [4.78, 5) is 7.27. The minimum absolute atomic E-state index is 0.301. The van der Waals surface area contributed by atoms with Gasteiger partial charge >= 0.3 is 0 Å². The average Bonchev–Trinajstić information content (AvgIpc) is 3.23. The monoisotopic (exact) mass is 312 g/mol. The van der Waals surface area contributed by atoms with E-state index in [1.807, 2.05) is 24.3 Å². The molecule has 1 fully saturated rings. The third-order valence-corrected chi connectivity index (χ3v) is 4.13.